The first-order valence-electron chi connectivity index (χ1n) is 6.69. The molecular weight excluding hydrogens is 252 g/mol. The first-order chi connectivity index (χ1) is 9.58. The first-order valence-corrected chi connectivity index (χ1v) is 6.69. The number of amides is 1. The molecule has 0 aliphatic rings. The van der Waals surface area contributed by atoms with Crippen LogP contribution in [-0.4, -0.2) is 21.7 Å². The number of aromatic nitrogens is 2. The van der Waals surface area contributed by atoms with Gasteiger partial charge in [-0.2, -0.15) is 5.10 Å². The summed E-state index contributed by atoms with van der Waals surface area (Å²) in [6.45, 7) is 4.47. The third-order valence-corrected chi connectivity index (χ3v) is 3.19. The third kappa shape index (κ3) is 3.45. The molecule has 0 aliphatic heterocycles. The Morgan fingerprint density at radius 3 is 2.75 bits per heavy atom. The van der Waals surface area contributed by atoms with Crippen LogP contribution in [0.4, 0.5) is 5.69 Å². The first kappa shape index (κ1) is 14.3. The highest BCUT2D eigenvalue weighted by Crippen LogP contribution is 2.17. The van der Waals surface area contributed by atoms with Crippen LogP contribution >= 0.6 is 0 Å². The lowest BCUT2D eigenvalue weighted by Crippen LogP contribution is -2.39. The highest BCUT2D eigenvalue weighted by atomic mass is 16.2. The zero-order valence-corrected chi connectivity index (χ0v) is 11.8. The average molecular weight is 272 g/mol. The van der Waals surface area contributed by atoms with Gasteiger partial charge in [-0.1, -0.05) is 32.0 Å². The molecule has 0 bridgehead atoms. The summed E-state index contributed by atoms with van der Waals surface area (Å²) < 4.78 is 1.81. The number of carbonyl (C=O) groups excluding carboxylic acids is 1. The highest BCUT2D eigenvalue weighted by molar-refractivity contribution is 5.95. The summed E-state index contributed by atoms with van der Waals surface area (Å²) in [6, 6.07) is 9.05. The average Bonchev–Trinajstić information content (AvgIpc) is 2.92. The number of hydrogen-bond donors (Lipinski definition) is 2. The second kappa shape index (κ2) is 6.34. The van der Waals surface area contributed by atoms with E-state index >= 15 is 0 Å². The van der Waals surface area contributed by atoms with Gasteiger partial charge in [0.25, 0.3) is 0 Å². The number of hydrogen-bond acceptors (Lipinski definition) is 3. The summed E-state index contributed by atoms with van der Waals surface area (Å²) in [5.41, 5.74) is 7.65. The SMILES string of the molecule is CC(C)[C@H](N)C(=O)Nc1ccccc1Cn1cccn1. The smallest absolute Gasteiger partial charge is 0.241 e. The summed E-state index contributed by atoms with van der Waals surface area (Å²) in [7, 11) is 0. The summed E-state index contributed by atoms with van der Waals surface area (Å²) in [5, 5.41) is 7.07. The number of nitrogens with zero attached hydrogens (tertiary/aromatic N) is 2. The number of benzene rings is 1. The predicted octanol–water partition coefficient (Wildman–Crippen LogP) is 1.85. The molecule has 0 radical (unpaired) electrons. The van der Waals surface area contributed by atoms with Gasteiger partial charge in [-0.3, -0.25) is 9.48 Å². The molecule has 0 saturated carbocycles. The van der Waals surface area contributed by atoms with Crippen LogP contribution in [0.2, 0.25) is 0 Å². The molecule has 5 nitrogen and oxygen atoms in total. The molecule has 3 N–H and O–H groups in total. The van der Waals surface area contributed by atoms with Gasteiger partial charge in [0.15, 0.2) is 0 Å². The van der Waals surface area contributed by atoms with Crippen LogP contribution in [0.25, 0.3) is 0 Å². The fourth-order valence-corrected chi connectivity index (χ4v) is 1.87. The van der Waals surface area contributed by atoms with Gasteiger partial charge in [0.1, 0.15) is 0 Å². The molecule has 5 heteroatoms. The second-order valence-corrected chi connectivity index (χ2v) is 5.12. The lowest BCUT2D eigenvalue weighted by Gasteiger charge is -2.17. The molecule has 1 heterocycles. The van der Waals surface area contributed by atoms with E-state index in [0.29, 0.717) is 6.54 Å². The molecule has 0 aliphatic carbocycles. The molecule has 106 valence electrons. The van der Waals surface area contributed by atoms with Crippen LogP contribution in [-0.2, 0) is 11.3 Å². The summed E-state index contributed by atoms with van der Waals surface area (Å²) in [4.78, 5) is 12.1. The predicted molar refractivity (Wildman–Crippen MR) is 79.2 cm³/mol. The fourth-order valence-electron chi connectivity index (χ4n) is 1.87. The lowest BCUT2D eigenvalue weighted by atomic mass is 10.0. The van der Waals surface area contributed by atoms with Gasteiger partial charge in [-0.15, -0.1) is 0 Å². The van der Waals surface area contributed by atoms with Crippen molar-refractivity contribution in [2.45, 2.75) is 26.4 Å². The van der Waals surface area contributed by atoms with Crippen molar-refractivity contribution < 1.29 is 4.79 Å². The molecule has 1 atom stereocenters. The maximum absolute atomic E-state index is 12.1. The maximum atomic E-state index is 12.1. The van der Waals surface area contributed by atoms with Crippen LogP contribution in [0, 0.1) is 5.92 Å². The minimum atomic E-state index is -0.507. The maximum Gasteiger partial charge on any atom is 0.241 e. The van der Waals surface area contributed by atoms with Gasteiger partial charge < -0.3 is 11.1 Å². The molecule has 0 saturated heterocycles. The fraction of sp³-hybridized carbons (Fsp3) is 0.333. The van der Waals surface area contributed by atoms with Crippen molar-refractivity contribution in [2.75, 3.05) is 5.32 Å². The van der Waals surface area contributed by atoms with Crippen molar-refractivity contribution in [2.24, 2.45) is 11.7 Å². The van der Waals surface area contributed by atoms with E-state index in [2.05, 4.69) is 10.4 Å². The topological polar surface area (TPSA) is 72.9 Å². The molecule has 1 amide bonds. The minimum absolute atomic E-state index is 0.105. The van der Waals surface area contributed by atoms with Crippen LogP contribution in [0.5, 0.6) is 0 Å². The third-order valence-electron chi connectivity index (χ3n) is 3.19. The monoisotopic (exact) mass is 272 g/mol. The Kier molecular flexibility index (Phi) is 4.53. The van der Waals surface area contributed by atoms with Crippen molar-refractivity contribution in [1.29, 1.82) is 0 Å². The zero-order valence-electron chi connectivity index (χ0n) is 11.8. The van der Waals surface area contributed by atoms with Crippen molar-refractivity contribution in [3.05, 3.63) is 48.3 Å². The molecule has 20 heavy (non-hydrogen) atoms. The Balaban J connectivity index is 2.14. The van der Waals surface area contributed by atoms with E-state index in [1.807, 2.05) is 55.1 Å². The number of carbonyl (C=O) groups is 1. The van der Waals surface area contributed by atoms with Crippen LogP contribution in [0.1, 0.15) is 19.4 Å². The van der Waals surface area contributed by atoms with Gasteiger partial charge in [-0.25, -0.2) is 0 Å². The Morgan fingerprint density at radius 2 is 2.10 bits per heavy atom. The van der Waals surface area contributed by atoms with E-state index in [4.69, 9.17) is 5.73 Å². The molecule has 0 fully saturated rings. The van der Waals surface area contributed by atoms with Gasteiger partial charge in [-0.05, 0) is 23.6 Å². The van der Waals surface area contributed by atoms with Crippen molar-refractivity contribution in [3.63, 3.8) is 0 Å². The molecule has 0 unspecified atom stereocenters. The van der Waals surface area contributed by atoms with Crippen LogP contribution < -0.4 is 11.1 Å². The van der Waals surface area contributed by atoms with E-state index in [9.17, 15) is 4.79 Å². The zero-order chi connectivity index (χ0) is 14.5. The lowest BCUT2D eigenvalue weighted by molar-refractivity contribution is -0.118. The largest absolute Gasteiger partial charge is 0.324 e. The van der Waals surface area contributed by atoms with Crippen molar-refractivity contribution in [1.82, 2.24) is 9.78 Å². The van der Waals surface area contributed by atoms with Crippen LogP contribution in [0.15, 0.2) is 42.7 Å². The van der Waals surface area contributed by atoms with E-state index < -0.39 is 6.04 Å². The van der Waals surface area contributed by atoms with Gasteiger partial charge in [0, 0.05) is 18.1 Å². The van der Waals surface area contributed by atoms with Crippen molar-refractivity contribution >= 4 is 11.6 Å². The standard InChI is InChI=1S/C15H20N4O/c1-11(2)14(16)15(20)18-13-7-4-3-6-12(13)10-19-9-5-8-17-19/h3-9,11,14H,10,16H2,1-2H3,(H,18,20)/t14-/m0/s1. The van der Waals surface area contributed by atoms with E-state index in [0.717, 1.165) is 11.3 Å². The summed E-state index contributed by atoms with van der Waals surface area (Å²) >= 11 is 0. The minimum Gasteiger partial charge on any atom is -0.324 e. The van der Waals surface area contributed by atoms with E-state index in [1.165, 1.54) is 0 Å². The quantitative estimate of drug-likeness (QED) is 0.872. The Labute approximate surface area is 118 Å². The number of nitrogens with one attached hydrogen (secondary N) is 1. The van der Waals surface area contributed by atoms with Crippen LogP contribution in [0.3, 0.4) is 0 Å². The van der Waals surface area contributed by atoms with E-state index in [1.54, 1.807) is 6.20 Å². The summed E-state index contributed by atoms with van der Waals surface area (Å²) in [6.07, 6.45) is 3.62. The Bertz CT molecular complexity index is 563. The Hall–Kier alpha value is -2.14. The number of rotatable bonds is 5. The second-order valence-electron chi connectivity index (χ2n) is 5.12. The van der Waals surface area contributed by atoms with Crippen molar-refractivity contribution in [3.8, 4) is 0 Å². The molecule has 2 rings (SSSR count). The number of para-hydroxylation sites is 1. The van der Waals surface area contributed by atoms with Gasteiger partial charge in [0.05, 0.1) is 12.6 Å². The van der Waals surface area contributed by atoms with Gasteiger partial charge >= 0.3 is 0 Å². The number of nitrogens with two attached hydrogens (primary N) is 1. The normalized spacial score (nSPS) is 12.4. The molecule has 0 spiro atoms. The molecular formula is C15H20N4O. The molecule has 2 aromatic rings. The summed E-state index contributed by atoms with van der Waals surface area (Å²) in [5.74, 6) is -0.0545. The Morgan fingerprint density at radius 1 is 1.35 bits per heavy atom. The highest BCUT2D eigenvalue weighted by Gasteiger charge is 2.18. The molecule has 1 aromatic heterocycles. The molecule has 1 aromatic carbocycles. The number of anilines is 1. The van der Waals surface area contributed by atoms with E-state index in [-0.39, 0.29) is 11.8 Å². The van der Waals surface area contributed by atoms with Gasteiger partial charge in [0.2, 0.25) is 5.91 Å².